The molecule has 0 saturated carbocycles. The number of hydrogen-bond acceptors (Lipinski definition) is 5. The molecule has 1 aliphatic rings. The Balaban J connectivity index is 2.51. The summed E-state index contributed by atoms with van der Waals surface area (Å²) in [6.07, 6.45) is 1.03. The smallest absolute Gasteiger partial charge is 0.338 e. The van der Waals surface area contributed by atoms with Crippen LogP contribution in [0.2, 0.25) is 0 Å². The standard InChI is InChI=1S/C19H26N2O5/c1-5-7-13-16(18(23)26-11(3)4)17(21-19(24)20-13)12-8-9-14(22)15(10-12)25-6-2/h8-11,17,22H,5-7H2,1-4H3,(H2,20,21,24). The Hall–Kier alpha value is -2.70. The minimum absolute atomic E-state index is 0.0000656. The molecule has 1 unspecified atom stereocenters. The molecule has 0 aliphatic carbocycles. The molecule has 1 heterocycles. The first-order valence-corrected chi connectivity index (χ1v) is 8.84. The number of aromatic hydroxyl groups is 1. The van der Waals surface area contributed by atoms with Crippen LogP contribution in [0.15, 0.2) is 29.5 Å². The maximum atomic E-state index is 12.7. The average Bonchev–Trinajstić information content (AvgIpc) is 2.56. The fourth-order valence-corrected chi connectivity index (χ4v) is 2.82. The predicted molar refractivity (Wildman–Crippen MR) is 96.8 cm³/mol. The van der Waals surface area contributed by atoms with Crippen LogP contribution in [0.1, 0.15) is 52.1 Å². The number of amides is 2. The topological polar surface area (TPSA) is 96.9 Å². The molecule has 7 heteroatoms. The zero-order chi connectivity index (χ0) is 19.3. The minimum Gasteiger partial charge on any atom is -0.504 e. The molecule has 26 heavy (non-hydrogen) atoms. The van der Waals surface area contributed by atoms with E-state index in [4.69, 9.17) is 9.47 Å². The lowest BCUT2D eigenvalue weighted by Crippen LogP contribution is -2.46. The van der Waals surface area contributed by atoms with Gasteiger partial charge in [0.2, 0.25) is 0 Å². The number of allylic oxidation sites excluding steroid dienone is 1. The number of esters is 1. The summed E-state index contributed by atoms with van der Waals surface area (Å²) in [5, 5.41) is 15.4. The molecular formula is C19H26N2O5. The van der Waals surface area contributed by atoms with Gasteiger partial charge in [0.1, 0.15) is 0 Å². The van der Waals surface area contributed by atoms with Gasteiger partial charge in [-0.3, -0.25) is 0 Å². The summed E-state index contributed by atoms with van der Waals surface area (Å²) in [4.78, 5) is 24.8. The van der Waals surface area contributed by atoms with E-state index >= 15 is 0 Å². The molecule has 0 saturated heterocycles. The van der Waals surface area contributed by atoms with Gasteiger partial charge in [-0.15, -0.1) is 0 Å². The van der Waals surface area contributed by atoms with Gasteiger partial charge in [-0.05, 0) is 44.9 Å². The Kier molecular flexibility index (Phi) is 6.49. The van der Waals surface area contributed by atoms with Crippen LogP contribution in [0.5, 0.6) is 11.5 Å². The van der Waals surface area contributed by atoms with Crippen molar-refractivity contribution in [2.75, 3.05) is 6.61 Å². The third-order valence-electron chi connectivity index (χ3n) is 3.83. The van der Waals surface area contributed by atoms with Crippen molar-refractivity contribution in [3.05, 3.63) is 35.0 Å². The number of urea groups is 1. The van der Waals surface area contributed by atoms with Crippen molar-refractivity contribution >= 4 is 12.0 Å². The monoisotopic (exact) mass is 362 g/mol. The van der Waals surface area contributed by atoms with E-state index < -0.39 is 12.0 Å². The number of carbonyl (C=O) groups is 2. The fourth-order valence-electron chi connectivity index (χ4n) is 2.82. The van der Waals surface area contributed by atoms with Gasteiger partial charge < -0.3 is 25.2 Å². The number of nitrogens with one attached hydrogen (secondary N) is 2. The Labute approximate surface area is 153 Å². The molecule has 0 bridgehead atoms. The largest absolute Gasteiger partial charge is 0.504 e. The lowest BCUT2D eigenvalue weighted by Gasteiger charge is -2.30. The van der Waals surface area contributed by atoms with Gasteiger partial charge in [-0.2, -0.15) is 0 Å². The number of rotatable bonds is 7. The molecule has 1 aliphatic heterocycles. The summed E-state index contributed by atoms with van der Waals surface area (Å²) >= 11 is 0. The van der Waals surface area contributed by atoms with E-state index in [1.807, 2.05) is 13.8 Å². The van der Waals surface area contributed by atoms with Crippen LogP contribution in [0.4, 0.5) is 4.79 Å². The molecule has 2 rings (SSSR count). The second-order valence-electron chi connectivity index (χ2n) is 6.29. The molecule has 1 aromatic carbocycles. The number of phenols is 1. The SMILES string of the molecule is CCCC1=C(C(=O)OC(C)C)C(c2ccc(O)c(OCC)c2)NC(=O)N1. The van der Waals surface area contributed by atoms with Gasteiger partial charge in [0.25, 0.3) is 0 Å². The Morgan fingerprint density at radius 2 is 2.04 bits per heavy atom. The summed E-state index contributed by atoms with van der Waals surface area (Å²) in [6, 6.07) is 3.70. The molecule has 1 atom stereocenters. The molecule has 0 aromatic heterocycles. The van der Waals surface area contributed by atoms with E-state index in [9.17, 15) is 14.7 Å². The second-order valence-corrected chi connectivity index (χ2v) is 6.29. The van der Waals surface area contributed by atoms with Crippen molar-refractivity contribution in [2.24, 2.45) is 0 Å². The summed E-state index contributed by atoms with van der Waals surface area (Å²) < 4.78 is 10.8. The highest BCUT2D eigenvalue weighted by atomic mass is 16.5. The molecule has 3 N–H and O–H groups in total. The van der Waals surface area contributed by atoms with Crippen LogP contribution in [0, 0.1) is 0 Å². The van der Waals surface area contributed by atoms with E-state index in [2.05, 4.69) is 10.6 Å². The van der Waals surface area contributed by atoms with Crippen molar-refractivity contribution in [3.8, 4) is 11.5 Å². The van der Waals surface area contributed by atoms with Crippen molar-refractivity contribution in [3.63, 3.8) is 0 Å². The van der Waals surface area contributed by atoms with Crippen LogP contribution in [-0.4, -0.2) is 29.8 Å². The summed E-state index contributed by atoms with van der Waals surface area (Å²) in [5.41, 5.74) is 1.55. The van der Waals surface area contributed by atoms with Gasteiger partial charge in [-0.25, -0.2) is 9.59 Å². The highest BCUT2D eigenvalue weighted by Crippen LogP contribution is 2.34. The molecular weight excluding hydrogens is 336 g/mol. The highest BCUT2D eigenvalue weighted by Gasteiger charge is 2.34. The molecule has 1 aromatic rings. The van der Waals surface area contributed by atoms with Crippen LogP contribution in [0.25, 0.3) is 0 Å². The molecule has 0 radical (unpaired) electrons. The minimum atomic E-state index is -0.684. The quantitative estimate of drug-likeness (QED) is 0.648. The number of carbonyl (C=O) groups excluding carboxylic acids is 2. The summed E-state index contributed by atoms with van der Waals surface area (Å²) in [7, 11) is 0. The van der Waals surface area contributed by atoms with Crippen LogP contribution >= 0.6 is 0 Å². The maximum absolute atomic E-state index is 12.7. The van der Waals surface area contributed by atoms with Gasteiger partial charge in [0.15, 0.2) is 11.5 Å². The van der Waals surface area contributed by atoms with E-state index in [1.165, 1.54) is 6.07 Å². The first-order chi connectivity index (χ1) is 12.4. The molecule has 2 amide bonds. The number of ether oxygens (including phenoxy) is 2. The van der Waals surface area contributed by atoms with Crippen LogP contribution in [-0.2, 0) is 9.53 Å². The number of hydrogen-bond donors (Lipinski definition) is 3. The van der Waals surface area contributed by atoms with Crippen molar-refractivity contribution in [2.45, 2.75) is 52.7 Å². The van der Waals surface area contributed by atoms with E-state index in [-0.39, 0.29) is 17.9 Å². The third kappa shape index (κ3) is 4.47. The Bertz CT molecular complexity index is 712. The van der Waals surface area contributed by atoms with E-state index in [1.54, 1.807) is 26.0 Å². The first kappa shape index (κ1) is 19.6. The maximum Gasteiger partial charge on any atom is 0.338 e. The number of benzene rings is 1. The Morgan fingerprint density at radius 1 is 1.31 bits per heavy atom. The first-order valence-electron chi connectivity index (χ1n) is 8.84. The molecule has 7 nitrogen and oxygen atoms in total. The molecule has 0 fully saturated rings. The van der Waals surface area contributed by atoms with E-state index in [0.29, 0.717) is 35.6 Å². The fraction of sp³-hybridized carbons (Fsp3) is 0.474. The van der Waals surface area contributed by atoms with Crippen LogP contribution in [0.3, 0.4) is 0 Å². The zero-order valence-electron chi connectivity index (χ0n) is 15.6. The van der Waals surface area contributed by atoms with E-state index in [0.717, 1.165) is 6.42 Å². The predicted octanol–water partition coefficient (Wildman–Crippen LogP) is 3.15. The lowest BCUT2D eigenvalue weighted by molar-refractivity contribution is -0.143. The average molecular weight is 362 g/mol. The van der Waals surface area contributed by atoms with Crippen molar-refractivity contribution < 1.29 is 24.2 Å². The molecule has 0 spiro atoms. The number of phenolic OH excluding ortho intramolecular Hbond substituents is 1. The second kappa shape index (κ2) is 8.60. The van der Waals surface area contributed by atoms with Gasteiger partial charge >= 0.3 is 12.0 Å². The third-order valence-corrected chi connectivity index (χ3v) is 3.83. The van der Waals surface area contributed by atoms with Crippen molar-refractivity contribution in [1.29, 1.82) is 0 Å². The summed E-state index contributed by atoms with van der Waals surface area (Å²) in [5.74, 6) is -0.182. The van der Waals surface area contributed by atoms with Gasteiger partial charge in [0.05, 0.1) is 24.3 Å². The normalized spacial score (nSPS) is 17.0. The highest BCUT2D eigenvalue weighted by molar-refractivity contribution is 5.95. The Morgan fingerprint density at radius 3 is 2.65 bits per heavy atom. The lowest BCUT2D eigenvalue weighted by atomic mass is 9.93. The summed E-state index contributed by atoms with van der Waals surface area (Å²) in [6.45, 7) is 7.71. The zero-order valence-corrected chi connectivity index (χ0v) is 15.6. The van der Waals surface area contributed by atoms with Gasteiger partial charge in [-0.1, -0.05) is 19.4 Å². The van der Waals surface area contributed by atoms with Crippen LogP contribution < -0.4 is 15.4 Å². The van der Waals surface area contributed by atoms with Gasteiger partial charge in [0, 0.05) is 5.70 Å². The molecule has 142 valence electrons. The van der Waals surface area contributed by atoms with Crippen molar-refractivity contribution in [1.82, 2.24) is 10.6 Å².